The van der Waals surface area contributed by atoms with Crippen LogP contribution < -0.4 is 0 Å². The molecule has 0 spiro atoms. The Balaban J connectivity index is 2.01. The van der Waals surface area contributed by atoms with E-state index in [9.17, 15) is 9.50 Å². The van der Waals surface area contributed by atoms with Crippen LogP contribution in [0.25, 0.3) is 11.4 Å². The molecule has 1 aromatic heterocycles. The minimum atomic E-state index is -0.270. The lowest BCUT2D eigenvalue weighted by Gasteiger charge is -2.12. The first-order valence-corrected chi connectivity index (χ1v) is 8.10. The number of thiol groups is 1. The Kier molecular flexibility index (Phi) is 4.57. The van der Waals surface area contributed by atoms with E-state index in [0.717, 1.165) is 16.7 Å². The molecule has 124 valence electrons. The van der Waals surface area contributed by atoms with E-state index in [1.165, 1.54) is 12.1 Å². The van der Waals surface area contributed by atoms with Gasteiger partial charge >= 0.3 is 0 Å². The van der Waals surface area contributed by atoms with Crippen LogP contribution in [0, 0.1) is 5.82 Å². The topological polar surface area (TPSA) is 50.9 Å². The van der Waals surface area contributed by atoms with Gasteiger partial charge in [-0.25, -0.2) is 4.39 Å². The first-order valence-electron chi connectivity index (χ1n) is 7.65. The van der Waals surface area contributed by atoms with Crippen molar-refractivity contribution in [3.05, 3.63) is 59.4 Å². The average molecular weight is 343 g/mol. The Bertz CT molecular complexity index is 859. The monoisotopic (exact) mass is 343 g/mol. The van der Waals surface area contributed by atoms with E-state index < -0.39 is 0 Å². The summed E-state index contributed by atoms with van der Waals surface area (Å²) >= 11 is 4.37. The Morgan fingerprint density at radius 1 is 1.12 bits per heavy atom. The van der Waals surface area contributed by atoms with Gasteiger partial charge in [0.1, 0.15) is 11.6 Å². The third-order valence-electron chi connectivity index (χ3n) is 3.89. The minimum absolute atomic E-state index is 0.189. The number of benzene rings is 2. The molecule has 0 aliphatic rings. The van der Waals surface area contributed by atoms with Crippen molar-refractivity contribution >= 4 is 12.6 Å². The molecule has 0 radical (unpaired) electrons. The molecule has 0 amide bonds. The van der Waals surface area contributed by atoms with Crippen LogP contribution >= 0.6 is 12.6 Å². The normalized spacial score (nSPS) is 11.2. The zero-order valence-electron chi connectivity index (χ0n) is 13.4. The van der Waals surface area contributed by atoms with Crippen LogP contribution in [0.5, 0.6) is 5.75 Å². The molecule has 1 heterocycles. The van der Waals surface area contributed by atoms with Gasteiger partial charge in [-0.15, -0.1) is 22.8 Å². The molecule has 0 atom stereocenters. The second-order valence-electron chi connectivity index (χ2n) is 5.96. The lowest BCUT2D eigenvalue weighted by Crippen LogP contribution is -2.03. The van der Waals surface area contributed by atoms with Gasteiger partial charge in [0.15, 0.2) is 11.0 Å². The van der Waals surface area contributed by atoms with Gasteiger partial charge in [-0.3, -0.25) is 4.57 Å². The third-order valence-corrected chi connectivity index (χ3v) is 4.22. The molecule has 0 bridgehead atoms. The van der Waals surface area contributed by atoms with Gasteiger partial charge in [-0.1, -0.05) is 26.0 Å². The molecule has 0 unspecified atom stereocenters. The summed E-state index contributed by atoms with van der Waals surface area (Å²) in [6, 6.07) is 11.7. The number of halogens is 1. The first-order chi connectivity index (χ1) is 11.5. The number of nitrogens with zero attached hydrogens (tertiary/aromatic N) is 3. The summed E-state index contributed by atoms with van der Waals surface area (Å²) in [4.78, 5) is 0. The Morgan fingerprint density at radius 2 is 1.83 bits per heavy atom. The molecule has 3 aromatic rings. The highest BCUT2D eigenvalue weighted by molar-refractivity contribution is 7.80. The van der Waals surface area contributed by atoms with E-state index in [4.69, 9.17) is 0 Å². The van der Waals surface area contributed by atoms with E-state index in [0.29, 0.717) is 17.5 Å². The van der Waals surface area contributed by atoms with Gasteiger partial charge in [0.25, 0.3) is 0 Å². The maximum absolute atomic E-state index is 13.1. The number of phenols is 1. The number of hydrogen-bond acceptors (Lipinski definition) is 4. The molecule has 0 saturated heterocycles. The summed E-state index contributed by atoms with van der Waals surface area (Å²) in [7, 11) is 0. The van der Waals surface area contributed by atoms with Gasteiger partial charge in [0, 0.05) is 5.56 Å². The number of aromatic hydroxyl groups is 1. The molecule has 24 heavy (non-hydrogen) atoms. The molecule has 0 aliphatic carbocycles. The van der Waals surface area contributed by atoms with Crippen molar-refractivity contribution in [3.8, 4) is 17.1 Å². The predicted octanol–water partition coefficient (Wildman–Crippen LogP) is 4.25. The summed E-state index contributed by atoms with van der Waals surface area (Å²) in [6.07, 6.45) is 0. The summed E-state index contributed by atoms with van der Waals surface area (Å²) in [5, 5.41) is 18.7. The van der Waals surface area contributed by atoms with E-state index >= 15 is 0 Å². The second-order valence-corrected chi connectivity index (χ2v) is 6.36. The molecule has 3 rings (SSSR count). The van der Waals surface area contributed by atoms with Crippen LogP contribution in [0.2, 0.25) is 0 Å². The van der Waals surface area contributed by atoms with Gasteiger partial charge in [0.05, 0.1) is 6.54 Å². The lowest BCUT2D eigenvalue weighted by atomic mass is 9.99. The second kappa shape index (κ2) is 6.65. The highest BCUT2D eigenvalue weighted by Crippen LogP contribution is 2.31. The van der Waals surface area contributed by atoms with Crippen molar-refractivity contribution in [2.45, 2.75) is 31.5 Å². The molecule has 2 aromatic carbocycles. The summed E-state index contributed by atoms with van der Waals surface area (Å²) in [5.74, 6) is 0.846. The first kappa shape index (κ1) is 16.5. The van der Waals surface area contributed by atoms with Crippen LogP contribution in [-0.4, -0.2) is 19.9 Å². The predicted molar refractivity (Wildman–Crippen MR) is 94.0 cm³/mol. The van der Waals surface area contributed by atoms with E-state index in [-0.39, 0.29) is 17.5 Å². The molecule has 6 heteroatoms. The van der Waals surface area contributed by atoms with Crippen molar-refractivity contribution in [2.75, 3.05) is 0 Å². The molecule has 0 saturated carbocycles. The summed E-state index contributed by atoms with van der Waals surface area (Å²) in [5.41, 5.74) is 2.63. The maximum Gasteiger partial charge on any atom is 0.188 e. The van der Waals surface area contributed by atoms with Crippen molar-refractivity contribution < 1.29 is 9.50 Å². The smallest absolute Gasteiger partial charge is 0.188 e. The minimum Gasteiger partial charge on any atom is -0.508 e. The fourth-order valence-electron chi connectivity index (χ4n) is 2.58. The van der Waals surface area contributed by atoms with Crippen LogP contribution in [0.15, 0.2) is 47.6 Å². The molecule has 1 N–H and O–H groups in total. The fourth-order valence-corrected chi connectivity index (χ4v) is 2.79. The van der Waals surface area contributed by atoms with E-state index in [1.807, 2.05) is 24.5 Å². The van der Waals surface area contributed by atoms with Gasteiger partial charge in [-0.2, -0.15) is 0 Å². The van der Waals surface area contributed by atoms with E-state index in [1.54, 1.807) is 24.3 Å². The quantitative estimate of drug-likeness (QED) is 0.696. The maximum atomic E-state index is 13.1. The fraction of sp³-hybridized carbons (Fsp3) is 0.222. The SMILES string of the molecule is CC(C)c1cc(-c2nnc(S)n2Cc2ccc(F)cc2)ccc1O. The van der Waals surface area contributed by atoms with Gasteiger partial charge < -0.3 is 5.11 Å². The number of aromatic nitrogens is 3. The zero-order chi connectivity index (χ0) is 17.3. The van der Waals surface area contributed by atoms with Gasteiger partial charge in [0.2, 0.25) is 0 Å². The number of rotatable bonds is 4. The van der Waals surface area contributed by atoms with E-state index in [2.05, 4.69) is 22.8 Å². The molecular weight excluding hydrogens is 325 g/mol. The third kappa shape index (κ3) is 3.28. The molecular formula is C18H18FN3OS. The number of phenolic OH excluding ortho intramolecular Hbond substituents is 1. The van der Waals surface area contributed by atoms with Crippen LogP contribution in [0.3, 0.4) is 0 Å². The molecule has 4 nitrogen and oxygen atoms in total. The molecule has 0 aliphatic heterocycles. The van der Waals surface area contributed by atoms with Crippen molar-refractivity contribution in [3.63, 3.8) is 0 Å². The van der Waals surface area contributed by atoms with Crippen molar-refractivity contribution in [2.24, 2.45) is 0 Å². The van der Waals surface area contributed by atoms with Crippen LogP contribution in [0.1, 0.15) is 30.9 Å². The lowest BCUT2D eigenvalue weighted by molar-refractivity contribution is 0.465. The summed E-state index contributed by atoms with van der Waals surface area (Å²) < 4.78 is 14.9. The Labute approximate surface area is 145 Å². The standard InChI is InChI=1S/C18H18FN3OS/c1-11(2)15-9-13(5-8-16(15)23)17-20-21-18(24)22(17)10-12-3-6-14(19)7-4-12/h3-9,11,23H,10H2,1-2H3,(H,21,24). The Morgan fingerprint density at radius 3 is 2.50 bits per heavy atom. The highest BCUT2D eigenvalue weighted by Gasteiger charge is 2.15. The van der Waals surface area contributed by atoms with Crippen LogP contribution in [0.4, 0.5) is 4.39 Å². The zero-order valence-corrected chi connectivity index (χ0v) is 14.3. The average Bonchev–Trinajstić information content (AvgIpc) is 2.91. The van der Waals surface area contributed by atoms with Crippen LogP contribution in [-0.2, 0) is 6.54 Å². The highest BCUT2D eigenvalue weighted by atomic mass is 32.1. The molecule has 0 fully saturated rings. The Hall–Kier alpha value is -2.34. The van der Waals surface area contributed by atoms with Gasteiger partial charge in [-0.05, 0) is 47.4 Å². The largest absolute Gasteiger partial charge is 0.508 e. The van der Waals surface area contributed by atoms with Crippen molar-refractivity contribution in [1.29, 1.82) is 0 Å². The summed E-state index contributed by atoms with van der Waals surface area (Å²) in [6.45, 7) is 4.53. The number of hydrogen-bond donors (Lipinski definition) is 2. The van der Waals surface area contributed by atoms with Crippen molar-refractivity contribution in [1.82, 2.24) is 14.8 Å².